The lowest BCUT2D eigenvalue weighted by molar-refractivity contribution is 0.233. The molecule has 2 fully saturated rings. The Hall–Kier alpha value is -0.0400. The summed E-state index contributed by atoms with van der Waals surface area (Å²) in [5, 5.41) is 3.71. The van der Waals surface area contributed by atoms with Crippen molar-refractivity contribution < 1.29 is 0 Å². The van der Waals surface area contributed by atoms with Gasteiger partial charge >= 0.3 is 0 Å². The molecule has 0 aromatic carbocycles. The average molecular weight is 153 g/mol. The molecular weight excluding hydrogens is 134 g/mol. The summed E-state index contributed by atoms with van der Waals surface area (Å²) < 4.78 is 0. The first-order chi connectivity index (χ1) is 5.08. The molecule has 2 saturated carbocycles. The molecule has 0 aliphatic heterocycles. The molecule has 11 heavy (non-hydrogen) atoms. The van der Waals surface area contributed by atoms with Crippen LogP contribution < -0.4 is 5.32 Å². The molecule has 0 saturated heterocycles. The van der Waals surface area contributed by atoms with Crippen molar-refractivity contribution in [3.05, 3.63) is 0 Å². The summed E-state index contributed by atoms with van der Waals surface area (Å²) in [6.07, 6.45) is 4.21. The monoisotopic (exact) mass is 153 g/mol. The van der Waals surface area contributed by atoms with E-state index in [0.717, 1.165) is 18.0 Å². The van der Waals surface area contributed by atoms with Crippen molar-refractivity contribution in [3.63, 3.8) is 0 Å². The minimum Gasteiger partial charge on any atom is -0.311 e. The van der Waals surface area contributed by atoms with Crippen LogP contribution in [-0.4, -0.2) is 12.1 Å². The van der Waals surface area contributed by atoms with Crippen LogP contribution in [0.1, 0.15) is 40.0 Å². The topological polar surface area (TPSA) is 12.0 Å². The first-order valence-electron chi connectivity index (χ1n) is 4.84. The van der Waals surface area contributed by atoms with Crippen molar-refractivity contribution >= 4 is 0 Å². The standard InChI is InChI=1S/C10H19N/c1-7-4-8(5-7)11-9-6-10(9,2)3/h7-9,11H,4-6H2,1-3H3. The second-order valence-corrected chi connectivity index (χ2v) is 5.19. The van der Waals surface area contributed by atoms with Crippen molar-refractivity contribution in [3.8, 4) is 0 Å². The van der Waals surface area contributed by atoms with Crippen molar-refractivity contribution in [2.45, 2.75) is 52.1 Å². The van der Waals surface area contributed by atoms with Crippen LogP contribution in [0.2, 0.25) is 0 Å². The van der Waals surface area contributed by atoms with Gasteiger partial charge in [-0.2, -0.15) is 0 Å². The van der Waals surface area contributed by atoms with E-state index in [2.05, 4.69) is 26.1 Å². The summed E-state index contributed by atoms with van der Waals surface area (Å²) in [6, 6.07) is 1.69. The maximum absolute atomic E-state index is 3.71. The molecule has 0 amide bonds. The Bertz CT molecular complexity index is 156. The maximum Gasteiger partial charge on any atom is 0.0127 e. The molecule has 1 nitrogen and oxygen atoms in total. The van der Waals surface area contributed by atoms with Crippen LogP contribution in [0, 0.1) is 11.3 Å². The molecule has 0 radical (unpaired) electrons. The average Bonchev–Trinajstić information content (AvgIpc) is 2.36. The Balaban J connectivity index is 1.69. The third kappa shape index (κ3) is 1.44. The molecule has 0 aromatic heterocycles. The van der Waals surface area contributed by atoms with Gasteiger partial charge in [-0.1, -0.05) is 20.8 Å². The highest BCUT2D eigenvalue weighted by molar-refractivity contribution is 5.04. The van der Waals surface area contributed by atoms with Crippen LogP contribution in [0.5, 0.6) is 0 Å². The van der Waals surface area contributed by atoms with Crippen molar-refractivity contribution in [1.82, 2.24) is 5.32 Å². The van der Waals surface area contributed by atoms with E-state index in [4.69, 9.17) is 0 Å². The second kappa shape index (κ2) is 2.22. The van der Waals surface area contributed by atoms with Crippen LogP contribution in [0.3, 0.4) is 0 Å². The zero-order chi connectivity index (χ0) is 8.06. The van der Waals surface area contributed by atoms with E-state index >= 15 is 0 Å². The summed E-state index contributed by atoms with van der Waals surface area (Å²) in [7, 11) is 0. The molecule has 64 valence electrons. The molecule has 2 aliphatic rings. The van der Waals surface area contributed by atoms with Gasteiger partial charge in [-0.05, 0) is 30.6 Å². The maximum atomic E-state index is 3.71. The second-order valence-electron chi connectivity index (χ2n) is 5.19. The van der Waals surface area contributed by atoms with Gasteiger partial charge in [0.1, 0.15) is 0 Å². The largest absolute Gasteiger partial charge is 0.311 e. The van der Waals surface area contributed by atoms with Gasteiger partial charge in [-0.25, -0.2) is 0 Å². The Labute approximate surface area is 69.6 Å². The molecule has 0 heterocycles. The molecule has 1 heteroatoms. The van der Waals surface area contributed by atoms with E-state index in [1.807, 2.05) is 0 Å². The lowest BCUT2D eigenvalue weighted by atomic mass is 9.82. The number of nitrogens with one attached hydrogen (secondary N) is 1. The molecule has 2 rings (SSSR count). The molecule has 0 spiro atoms. The Kier molecular flexibility index (Phi) is 1.54. The summed E-state index contributed by atoms with van der Waals surface area (Å²) in [5.41, 5.74) is 0.610. The smallest absolute Gasteiger partial charge is 0.0127 e. The highest BCUT2D eigenvalue weighted by atomic mass is 15.0. The Morgan fingerprint density at radius 2 is 1.82 bits per heavy atom. The van der Waals surface area contributed by atoms with Gasteiger partial charge in [-0.15, -0.1) is 0 Å². The van der Waals surface area contributed by atoms with E-state index in [1.54, 1.807) is 0 Å². The fraction of sp³-hybridized carbons (Fsp3) is 1.00. The molecule has 2 aliphatic carbocycles. The van der Waals surface area contributed by atoms with Gasteiger partial charge in [0.05, 0.1) is 0 Å². The van der Waals surface area contributed by atoms with Crippen LogP contribution >= 0.6 is 0 Å². The quantitative estimate of drug-likeness (QED) is 0.641. The number of hydrogen-bond acceptors (Lipinski definition) is 1. The summed E-state index contributed by atoms with van der Waals surface area (Å²) in [5.74, 6) is 0.981. The van der Waals surface area contributed by atoms with Crippen LogP contribution in [0.4, 0.5) is 0 Å². The van der Waals surface area contributed by atoms with Gasteiger partial charge in [0.25, 0.3) is 0 Å². The van der Waals surface area contributed by atoms with E-state index in [0.29, 0.717) is 5.41 Å². The fourth-order valence-corrected chi connectivity index (χ4v) is 2.07. The molecule has 1 atom stereocenters. The minimum absolute atomic E-state index is 0.610. The first kappa shape index (κ1) is 7.60. The zero-order valence-electron chi connectivity index (χ0n) is 7.85. The molecule has 0 aromatic rings. The van der Waals surface area contributed by atoms with E-state index in [-0.39, 0.29) is 0 Å². The molecule has 0 bridgehead atoms. The summed E-state index contributed by atoms with van der Waals surface area (Å²) in [4.78, 5) is 0. The molecular formula is C10H19N. The third-order valence-electron chi connectivity index (χ3n) is 3.32. The predicted molar refractivity (Wildman–Crippen MR) is 47.5 cm³/mol. The van der Waals surface area contributed by atoms with Crippen molar-refractivity contribution in [2.24, 2.45) is 11.3 Å². The van der Waals surface area contributed by atoms with Gasteiger partial charge in [-0.3, -0.25) is 0 Å². The lowest BCUT2D eigenvalue weighted by Crippen LogP contribution is -2.42. The van der Waals surface area contributed by atoms with Gasteiger partial charge in [0, 0.05) is 12.1 Å². The molecule has 1 N–H and O–H groups in total. The summed E-state index contributed by atoms with van der Waals surface area (Å²) >= 11 is 0. The number of hydrogen-bond donors (Lipinski definition) is 1. The summed E-state index contributed by atoms with van der Waals surface area (Å²) in [6.45, 7) is 7.05. The molecule has 1 unspecified atom stereocenters. The van der Waals surface area contributed by atoms with Crippen LogP contribution in [0.15, 0.2) is 0 Å². The van der Waals surface area contributed by atoms with E-state index in [1.165, 1.54) is 19.3 Å². The number of rotatable bonds is 2. The van der Waals surface area contributed by atoms with Crippen LogP contribution in [0.25, 0.3) is 0 Å². The fourth-order valence-electron chi connectivity index (χ4n) is 2.07. The highest BCUT2D eigenvalue weighted by Gasteiger charge is 2.47. The predicted octanol–water partition coefficient (Wildman–Crippen LogP) is 2.17. The third-order valence-corrected chi connectivity index (χ3v) is 3.32. The van der Waals surface area contributed by atoms with Crippen molar-refractivity contribution in [2.75, 3.05) is 0 Å². The van der Waals surface area contributed by atoms with Crippen LogP contribution in [-0.2, 0) is 0 Å². The van der Waals surface area contributed by atoms with Gasteiger partial charge in [0.15, 0.2) is 0 Å². The Morgan fingerprint density at radius 1 is 1.27 bits per heavy atom. The SMILES string of the molecule is CC1CC(NC2CC2(C)C)C1. The zero-order valence-corrected chi connectivity index (χ0v) is 7.85. The van der Waals surface area contributed by atoms with Gasteiger partial charge in [0.2, 0.25) is 0 Å². The van der Waals surface area contributed by atoms with Gasteiger partial charge < -0.3 is 5.32 Å². The normalized spacial score (nSPS) is 46.6. The lowest BCUT2D eigenvalue weighted by Gasteiger charge is -2.34. The van der Waals surface area contributed by atoms with E-state index in [9.17, 15) is 0 Å². The highest BCUT2D eigenvalue weighted by Crippen LogP contribution is 2.46. The first-order valence-corrected chi connectivity index (χ1v) is 4.84. The van der Waals surface area contributed by atoms with Crippen molar-refractivity contribution in [1.29, 1.82) is 0 Å². The Morgan fingerprint density at radius 3 is 2.18 bits per heavy atom. The minimum atomic E-state index is 0.610. The van der Waals surface area contributed by atoms with E-state index < -0.39 is 0 Å².